The van der Waals surface area contributed by atoms with E-state index in [1.165, 1.54) is 0 Å². The predicted molar refractivity (Wildman–Crippen MR) is 69.5 cm³/mol. The van der Waals surface area contributed by atoms with Crippen LogP contribution in [0.2, 0.25) is 0 Å². The van der Waals surface area contributed by atoms with E-state index >= 15 is 0 Å². The van der Waals surface area contributed by atoms with Gasteiger partial charge in [0.15, 0.2) is 5.78 Å². The lowest BCUT2D eigenvalue weighted by atomic mass is 10.1. The van der Waals surface area contributed by atoms with Gasteiger partial charge in [0.1, 0.15) is 0 Å². The number of Topliss-reactive ketones (excluding diaryl/α,β-unsaturated/α-hetero) is 1. The monoisotopic (exact) mass is 235 g/mol. The summed E-state index contributed by atoms with van der Waals surface area (Å²) in [5.74, 6) is 0.206. The highest BCUT2D eigenvalue weighted by Crippen LogP contribution is 2.07. The number of aryl methyl sites for hydroxylation is 1. The second kappa shape index (κ2) is 7.20. The molecule has 3 heteroatoms. The van der Waals surface area contributed by atoms with Crippen molar-refractivity contribution in [3.8, 4) is 0 Å². The van der Waals surface area contributed by atoms with Gasteiger partial charge in [-0.1, -0.05) is 23.8 Å². The average molecular weight is 235 g/mol. The van der Waals surface area contributed by atoms with Gasteiger partial charge in [0.05, 0.1) is 6.61 Å². The van der Waals surface area contributed by atoms with Crippen molar-refractivity contribution in [2.75, 3.05) is 33.9 Å². The molecule has 0 fully saturated rings. The van der Waals surface area contributed by atoms with Crippen LogP contribution in [0.4, 0.5) is 0 Å². The first kappa shape index (κ1) is 13.9. The number of carbonyl (C=O) groups excluding carboxylic acids is 1. The van der Waals surface area contributed by atoms with Gasteiger partial charge in [-0.15, -0.1) is 0 Å². The highest BCUT2D eigenvalue weighted by Gasteiger charge is 2.07. The van der Waals surface area contributed by atoms with Crippen LogP contribution in [-0.4, -0.2) is 44.5 Å². The summed E-state index contributed by atoms with van der Waals surface area (Å²) in [4.78, 5) is 14.0. The van der Waals surface area contributed by atoms with Crippen molar-refractivity contribution in [3.63, 3.8) is 0 Å². The molecule has 0 aromatic heterocycles. The molecule has 0 atom stereocenters. The first-order valence-electron chi connectivity index (χ1n) is 5.91. The minimum atomic E-state index is 0.206. The number of hydrogen-bond donors (Lipinski definition) is 0. The van der Waals surface area contributed by atoms with Crippen molar-refractivity contribution in [2.24, 2.45) is 0 Å². The topological polar surface area (TPSA) is 29.5 Å². The Kier molecular flexibility index (Phi) is 5.87. The number of likely N-dealkylation sites (N-methyl/N-ethyl adjacent to an activating group) is 1. The van der Waals surface area contributed by atoms with Gasteiger partial charge >= 0.3 is 0 Å². The summed E-state index contributed by atoms with van der Waals surface area (Å²) in [5, 5.41) is 0. The maximum Gasteiger partial charge on any atom is 0.164 e. The van der Waals surface area contributed by atoms with Crippen molar-refractivity contribution >= 4 is 5.78 Å². The fraction of sp³-hybridized carbons (Fsp3) is 0.500. The minimum Gasteiger partial charge on any atom is -0.383 e. The molecule has 0 N–H and O–H groups in total. The van der Waals surface area contributed by atoms with Gasteiger partial charge in [0.2, 0.25) is 0 Å². The van der Waals surface area contributed by atoms with Gasteiger partial charge in [-0.3, -0.25) is 4.79 Å². The normalized spacial score (nSPS) is 10.8. The molecule has 0 spiro atoms. The van der Waals surface area contributed by atoms with E-state index in [-0.39, 0.29) is 5.78 Å². The number of rotatable bonds is 7. The molecule has 1 aromatic carbocycles. The average Bonchev–Trinajstić information content (AvgIpc) is 2.33. The maximum absolute atomic E-state index is 11.9. The minimum absolute atomic E-state index is 0.206. The van der Waals surface area contributed by atoms with Gasteiger partial charge in [0.25, 0.3) is 0 Å². The molecule has 0 heterocycles. The van der Waals surface area contributed by atoms with Crippen LogP contribution in [0.15, 0.2) is 24.3 Å². The molecule has 0 radical (unpaired) electrons. The molecule has 0 saturated carbocycles. The Morgan fingerprint density at radius 3 is 2.76 bits per heavy atom. The summed E-state index contributed by atoms with van der Waals surface area (Å²) >= 11 is 0. The molecule has 0 amide bonds. The van der Waals surface area contributed by atoms with E-state index in [2.05, 4.69) is 4.90 Å². The van der Waals surface area contributed by atoms with E-state index in [0.29, 0.717) is 13.0 Å². The summed E-state index contributed by atoms with van der Waals surface area (Å²) in [6.07, 6.45) is 0.559. The number of benzene rings is 1. The summed E-state index contributed by atoms with van der Waals surface area (Å²) in [6.45, 7) is 4.34. The molecule has 1 aromatic rings. The highest BCUT2D eigenvalue weighted by atomic mass is 16.5. The number of ketones is 1. The van der Waals surface area contributed by atoms with Crippen molar-refractivity contribution in [1.82, 2.24) is 4.90 Å². The van der Waals surface area contributed by atoms with Crippen LogP contribution in [0, 0.1) is 6.92 Å². The molecule has 94 valence electrons. The first-order chi connectivity index (χ1) is 8.13. The van der Waals surface area contributed by atoms with Crippen molar-refractivity contribution in [2.45, 2.75) is 13.3 Å². The second-order valence-corrected chi connectivity index (χ2v) is 4.34. The number of nitrogens with zero attached hydrogens (tertiary/aromatic N) is 1. The van der Waals surface area contributed by atoms with Crippen molar-refractivity contribution < 1.29 is 9.53 Å². The van der Waals surface area contributed by atoms with Gasteiger partial charge in [-0.05, 0) is 20.0 Å². The largest absolute Gasteiger partial charge is 0.383 e. The third-order valence-electron chi connectivity index (χ3n) is 2.74. The summed E-state index contributed by atoms with van der Waals surface area (Å²) in [7, 11) is 3.69. The molecule has 0 aliphatic heterocycles. The van der Waals surface area contributed by atoms with Crippen LogP contribution in [-0.2, 0) is 4.74 Å². The highest BCUT2D eigenvalue weighted by molar-refractivity contribution is 5.96. The third kappa shape index (κ3) is 5.11. The number of carbonyl (C=O) groups is 1. The standard InChI is InChI=1S/C14H21NO2/c1-12-5-4-6-13(11-12)14(16)7-8-15(2)9-10-17-3/h4-6,11H,7-10H2,1-3H3. The molecule has 0 unspecified atom stereocenters. The first-order valence-corrected chi connectivity index (χ1v) is 5.91. The van der Waals surface area contributed by atoms with Crippen LogP contribution < -0.4 is 0 Å². The Labute approximate surface area is 103 Å². The second-order valence-electron chi connectivity index (χ2n) is 4.34. The quantitative estimate of drug-likeness (QED) is 0.678. The molecule has 0 aliphatic carbocycles. The summed E-state index contributed by atoms with van der Waals surface area (Å²) < 4.78 is 4.99. The number of hydrogen-bond acceptors (Lipinski definition) is 3. The Hall–Kier alpha value is -1.19. The zero-order valence-electron chi connectivity index (χ0n) is 10.9. The Morgan fingerprint density at radius 1 is 1.35 bits per heavy atom. The summed E-state index contributed by atoms with van der Waals surface area (Å²) in [6, 6.07) is 7.75. The predicted octanol–water partition coefficient (Wildman–Crippen LogP) is 2.15. The van der Waals surface area contributed by atoms with Crippen molar-refractivity contribution in [1.29, 1.82) is 0 Å². The lowest BCUT2D eigenvalue weighted by Crippen LogP contribution is -2.25. The van der Waals surface area contributed by atoms with E-state index in [1.54, 1.807) is 7.11 Å². The molecule has 0 aliphatic rings. The molecular formula is C14H21NO2. The Balaban J connectivity index is 2.39. The van der Waals surface area contributed by atoms with Crippen LogP contribution >= 0.6 is 0 Å². The van der Waals surface area contributed by atoms with E-state index in [9.17, 15) is 4.79 Å². The zero-order valence-corrected chi connectivity index (χ0v) is 10.9. The molecule has 1 rings (SSSR count). The summed E-state index contributed by atoms with van der Waals surface area (Å²) in [5.41, 5.74) is 1.94. The molecule has 3 nitrogen and oxygen atoms in total. The number of ether oxygens (including phenoxy) is 1. The Morgan fingerprint density at radius 2 is 2.12 bits per heavy atom. The maximum atomic E-state index is 11.9. The van der Waals surface area contributed by atoms with E-state index in [0.717, 1.165) is 24.2 Å². The van der Waals surface area contributed by atoms with Crippen molar-refractivity contribution in [3.05, 3.63) is 35.4 Å². The zero-order chi connectivity index (χ0) is 12.7. The van der Waals surface area contributed by atoms with Crippen LogP contribution in [0.25, 0.3) is 0 Å². The lowest BCUT2D eigenvalue weighted by Gasteiger charge is -2.15. The lowest BCUT2D eigenvalue weighted by molar-refractivity contribution is 0.0960. The molecule has 0 saturated heterocycles. The van der Waals surface area contributed by atoms with E-state index in [1.807, 2.05) is 38.2 Å². The van der Waals surface area contributed by atoms with Gasteiger partial charge < -0.3 is 9.64 Å². The Bertz CT molecular complexity index is 363. The SMILES string of the molecule is COCCN(C)CCC(=O)c1cccc(C)c1. The van der Waals surface area contributed by atoms with E-state index < -0.39 is 0 Å². The number of methoxy groups -OCH3 is 1. The van der Waals surface area contributed by atoms with Crippen LogP contribution in [0.3, 0.4) is 0 Å². The van der Waals surface area contributed by atoms with Gasteiger partial charge in [-0.25, -0.2) is 0 Å². The van der Waals surface area contributed by atoms with Crippen LogP contribution in [0.5, 0.6) is 0 Å². The molecule has 17 heavy (non-hydrogen) atoms. The molecular weight excluding hydrogens is 214 g/mol. The van der Waals surface area contributed by atoms with Gasteiger partial charge in [-0.2, -0.15) is 0 Å². The fourth-order valence-electron chi connectivity index (χ4n) is 1.61. The third-order valence-corrected chi connectivity index (χ3v) is 2.74. The smallest absolute Gasteiger partial charge is 0.164 e. The fourth-order valence-corrected chi connectivity index (χ4v) is 1.61. The van der Waals surface area contributed by atoms with Crippen LogP contribution in [0.1, 0.15) is 22.3 Å². The molecule has 0 bridgehead atoms. The van der Waals surface area contributed by atoms with E-state index in [4.69, 9.17) is 4.74 Å². The van der Waals surface area contributed by atoms with Gasteiger partial charge in [0, 0.05) is 32.2 Å².